The molecule has 0 saturated heterocycles. The van der Waals surface area contributed by atoms with Crippen LogP contribution in [0.3, 0.4) is 0 Å². The Labute approximate surface area is 125 Å². The summed E-state index contributed by atoms with van der Waals surface area (Å²) in [4.78, 5) is 11.7. The minimum Gasteiger partial charge on any atom is -0.462 e. The highest BCUT2D eigenvalue weighted by atomic mass is 32.2. The van der Waals surface area contributed by atoms with Crippen LogP contribution < -0.4 is 4.72 Å². The van der Waals surface area contributed by atoms with Crippen LogP contribution in [0.1, 0.15) is 43.5 Å². The lowest BCUT2D eigenvalue weighted by Crippen LogP contribution is -2.32. The molecule has 1 aliphatic carbocycles. The van der Waals surface area contributed by atoms with E-state index in [4.69, 9.17) is 4.74 Å². The Kier molecular flexibility index (Phi) is 5.00. The predicted molar refractivity (Wildman–Crippen MR) is 79.5 cm³/mol. The van der Waals surface area contributed by atoms with E-state index in [1.165, 1.54) is 24.3 Å². The molecule has 2 unspecified atom stereocenters. The topological polar surface area (TPSA) is 72.5 Å². The third kappa shape index (κ3) is 4.04. The molecule has 1 aliphatic rings. The summed E-state index contributed by atoms with van der Waals surface area (Å²) in [5, 5.41) is 0. The van der Waals surface area contributed by atoms with Gasteiger partial charge in [0, 0.05) is 6.04 Å². The number of esters is 1. The van der Waals surface area contributed by atoms with Crippen molar-refractivity contribution in [3.05, 3.63) is 29.8 Å². The third-order valence-corrected chi connectivity index (χ3v) is 5.23. The lowest BCUT2D eigenvalue weighted by atomic mass is 10.1. The molecule has 0 heterocycles. The number of carbonyl (C=O) groups is 1. The van der Waals surface area contributed by atoms with Gasteiger partial charge in [-0.05, 0) is 56.4 Å². The fourth-order valence-electron chi connectivity index (χ4n) is 2.59. The molecule has 2 rings (SSSR count). The normalized spacial score (nSPS) is 22.2. The van der Waals surface area contributed by atoms with Gasteiger partial charge in [0.15, 0.2) is 0 Å². The molecule has 21 heavy (non-hydrogen) atoms. The molecule has 0 amide bonds. The van der Waals surface area contributed by atoms with E-state index in [-0.39, 0.29) is 10.9 Å². The van der Waals surface area contributed by atoms with Gasteiger partial charge in [-0.15, -0.1) is 0 Å². The fraction of sp³-hybridized carbons (Fsp3) is 0.533. The first-order chi connectivity index (χ1) is 9.92. The van der Waals surface area contributed by atoms with E-state index >= 15 is 0 Å². The van der Waals surface area contributed by atoms with Crippen LogP contribution in [0.25, 0.3) is 0 Å². The van der Waals surface area contributed by atoms with Crippen molar-refractivity contribution in [1.82, 2.24) is 4.72 Å². The van der Waals surface area contributed by atoms with Gasteiger partial charge in [-0.2, -0.15) is 0 Å². The second-order valence-electron chi connectivity index (χ2n) is 5.48. The van der Waals surface area contributed by atoms with Gasteiger partial charge in [-0.3, -0.25) is 0 Å². The van der Waals surface area contributed by atoms with E-state index < -0.39 is 16.0 Å². The van der Waals surface area contributed by atoms with Gasteiger partial charge in [0.2, 0.25) is 10.0 Å². The molecule has 5 nitrogen and oxygen atoms in total. The van der Waals surface area contributed by atoms with Crippen LogP contribution in [0.5, 0.6) is 0 Å². The van der Waals surface area contributed by atoms with E-state index in [0.717, 1.165) is 19.3 Å². The van der Waals surface area contributed by atoms with Crippen LogP contribution in [0.2, 0.25) is 0 Å². The third-order valence-electron chi connectivity index (χ3n) is 3.69. The van der Waals surface area contributed by atoms with Gasteiger partial charge < -0.3 is 4.74 Å². The molecule has 1 saturated carbocycles. The maximum atomic E-state index is 12.3. The fourth-order valence-corrected chi connectivity index (χ4v) is 3.87. The number of rotatable bonds is 5. The van der Waals surface area contributed by atoms with Crippen LogP contribution in [0.4, 0.5) is 0 Å². The minimum atomic E-state index is -3.52. The Hall–Kier alpha value is -1.40. The lowest BCUT2D eigenvalue weighted by Gasteiger charge is -2.13. The Morgan fingerprint density at radius 2 is 1.95 bits per heavy atom. The number of carbonyl (C=O) groups excluding carboxylic acids is 1. The van der Waals surface area contributed by atoms with E-state index in [2.05, 4.69) is 11.6 Å². The molecule has 0 bridgehead atoms. The first-order valence-corrected chi connectivity index (χ1v) is 8.70. The molecule has 1 N–H and O–H groups in total. The zero-order valence-corrected chi connectivity index (χ0v) is 13.2. The highest BCUT2D eigenvalue weighted by Gasteiger charge is 2.26. The van der Waals surface area contributed by atoms with Crippen molar-refractivity contribution in [2.24, 2.45) is 5.92 Å². The zero-order chi connectivity index (χ0) is 15.5. The monoisotopic (exact) mass is 311 g/mol. The molecule has 0 aromatic heterocycles. The van der Waals surface area contributed by atoms with Crippen LogP contribution >= 0.6 is 0 Å². The summed E-state index contributed by atoms with van der Waals surface area (Å²) in [6.45, 7) is 4.14. The number of hydrogen-bond donors (Lipinski definition) is 1. The summed E-state index contributed by atoms with van der Waals surface area (Å²) in [5.41, 5.74) is 0.352. The summed E-state index contributed by atoms with van der Waals surface area (Å²) in [7, 11) is -3.52. The van der Waals surface area contributed by atoms with Gasteiger partial charge >= 0.3 is 5.97 Å². The van der Waals surface area contributed by atoms with Crippen molar-refractivity contribution in [3.63, 3.8) is 0 Å². The molecule has 2 atom stereocenters. The largest absolute Gasteiger partial charge is 0.462 e. The Balaban J connectivity index is 2.08. The van der Waals surface area contributed by atoms with E-state index in [0.29, 0.717) is 18.1 Å². The molecule has 1 aromatic carbocycles. The smallest absolute Gasteiger partial charge is 0.338 e. The summed E-state index contributed by atoms with van der Waals surface area (Å²) < 4.78 is 32.1. The van der Waals surface area contributed by atoms with E-state index in [9.17, 15) is 13.2 Å². The molecule has 1 aromatic rings. The highest BCUT2D eigenvalue weighted by Crippen LogP contribution is 2.26. The zero-order valence-electron chi connectivity index (χ0n) is 12.3. The van der Waals surface area contributed by atoms with Crippen molar-refractivity contribution in [2.75, 3.05) is 6.61 Å². The molecule has 1 fully saturated rings. The summed E-state index contributed by atoms with van der Waals surface area (Å²) in [6.07, 6.45) is 2.80. The number of ether oxygens (including phenoxy) is 1. The van der Waals surface area contributed by atoms with Gasteiger partial charge in [0.25, 0.3) is 0 Å². The van der Waals surface area contributed by atoms with Gasteiger partial charge in [0.05, 0.1) is 17.1 Å². The predicted octanol–water partition coefficient (Wildman–Crippen LogP) is 2.33. The maximum absolute atomic E-state index is 12.3. The van der Waals surface area contributed by atoms with Crippen LogP contribution in [-0.4, -0.2) is 27.0 Å². The van der Waals surface area contributed by atoms with Gasteiger partial charge in [0.1, 0.15) is 0 Å². The quantitative estimate of drug-likeness (QED) is 0.847. The summed E-state index contributed by atoms with van der Waals surface area (Å²) in [5.74, 6) is 0.114. The van der Waals surface area contributed by atoms with E-state index in [1.54, 1.807) is 6.92 Å². The lowest BCUT2D eigenvalue weighted by molar-refractivity contribution is 0.0526. The second-order valence-corrected chi connectivity index (χ2v) is 7.20. The standard InChI is InChI=1S/C15H21NO4S/c1-3-20-15(17)12-5-8-14(9-6-12)21(18,19)16-13-7-4-11(2)10-13/h5-6,8-9,11,13,16H,3-4,7,10H2,1-2H3. The molecule has 6 heteroatoms. The van der Waals surface area contributed by atoms with Crippen molar-refractivity contribution in [2.45, 2.75) is 44.0 Å². The van der Waals surface area contributed by atoms with Gasteiger partial charge in [-0.25, -0.2) is 17.9 Å². The first kappa shape index (κ1) is 16.0. The molecule has 0 spiro atoms. The molecule has 0 radical (unpaired) electrons. The molecular formula is C15H21NO4S. The minimum absolute atomic E-state index is 0.00901. The second kappa shape index (κ2) is 6.58. The van der Waals surface area contributed by atoms with E-state index in [1.807, 2.05) is 0 Å². The Morgan fingerprint density at radius 1 is 1.29 bits per heavy atom. The van der Waals surface area contributed by atoms with Crippen molar-refractivity contribution >= 4 is 16.0 Å². The number of nitrogens with one attached hydrogen (secondary N) is 1. The van der Waals surface area contributed by atoms with Gasteiger partial charge in [-0.1, -0.05) is 6.92 Å². The SMILES string of the molecule is CCOC(=O)c1ccc(S(=O)(=O)NC2CCC(C)C2)cc1. The molecule has 116 valence electrons. The van der Waals surface area contributed by atoms with Crippen molar-refractivity contribution < 1.29 is 17.9 Å². The Morgan fingerprint density at radius 3 is 2.48 bits per heavy atom. The first-order valence-electron chi connectivity index (χ1n) is 7.22. The van der Waals surface area contributed by atoms with Crippen LogP contribution in [-0.2, 0) is 14.8 Å². The van der Waals surface area contributed by atoms with Crippen LogP contribution in [0, 0.1) is 5.92 Å². The van der Waals surface area contributed by atoms with Crippen molar-refractivity contribution in [1.29, 1.82) is 0 Å². The summed E-state index contributed by atoms with van der Waals surface area (Å²) >= 11 is 0. The number of benzene rings is 1. The average Bonchev–Trinajstić information content (AvgIpc) is 2.84. The molecule has 0 aliphatic heterocycles. The average molecular weight is 311 g/mol. The van der Waals surface area contributed by atoms with Crippen molar-refractivity contribution in [3.8, 4) is 0 Å². The maximum Gasteiger partial charge on any atom is 0.338 e. The molecular weight excluding hydrogens is 290 g/mol. The van der Waals surface area contributed by atoms with Crippen LogP contribution in [0.15, 0.2) is 29.2 Å². The number of sulfonamides is 1. The number of hydrogen-bond acceptors (Lipinski definition) is 4. The highest BCUT2D eigenvalue weighted by molar-refractivity contribution is 7.89. The Bertz CT molecular complexity index is 595. The summed E-state index contributed by atoms with van der Waals surface area (Å²) in [6, 6.07) is 5.84.